The smallest absolute Gasteiger partial charge is 0.249 e. The van der Waals surface area contributed by atoms with Crippen LogP contribution in [0.4, 0.5) is 0 Å². The standard InChI is InChI=1S/C14H12N4O/c1-8-12(10(13(15)19)4-6-16-8)11-7-9-3-2-5-17-14(9)18-11/h2-7H,1H3,(H2,15,19)(H,17,18). The second kappa shape index (κ2) is 4.20. The van der Waals surface area contributed by atoms with Crippen molar-refractivity contribution in [2.24, 2.45) is 5.73 Å². The van der Waals surface area contributed by atoms with Gasteiger partial charge in [-0.15, -0.1) is 0 Å². The maximum absolute atomic E-state index is 11.5. The number of nitrogens with zero attached hydrogens (tertiary/aromatic N) is 2. The van der Waals surface area contributed by atoms with E-state index >= 15 is 0 Å². The molecule has 3 aromatic rings. The van der Waals surface area contributed by atoms with E-state index in [-0.39, 0.29) is 0 Å². The molecule has 3 aromatic heterocycles. The first-order valence-electron chi connectivity index (χ1n) is 5.86. The molecule has 3 rings (SSSR count). The number of amides is 1. The number of nitrogens with one attached hydrogen (secondary N) is 1. The number of fused-ring (bicyclic) bond motifs is 1. The predicted octanol–water partition coefficient (Wildman–Crippen LogP) is 2.03. The maximum atomic E-state index is 11.5. The van der Waals surface area contributed by atoms with Crippen molar-refractivity contribution >= 4 is 16.9 Å². The minimum absolute atomic E-state index is 0.457. The molecule has 3 heterocycles. The summed E-state index contributed by atoms with van der Waals surface area (Å²) in [5, 5.41) is 0.983. The minimum Gasteiger partial charge on any atom is -0.366 e. The van der Waals surface area contributed by atoms with Gasteiger partial charge in [-0.05, 0) is 31.2 Å². The minimum atomic E-state index is -0.466. The van der Waals surface area contributed by atoms with Gasteiger partial charge in [-0.2, -0.15) is 0 Å². The molecule has 0 unspecified atom stereocenters. The molecular formula is C14H12N4O. The van der Waals surface area contributed by atoms with Gasteiger partial charge in [0.15, 0.2) is 0 Å². The first-order valence-corrected chi connectivity index (χ1v) is 5.86. The third-order valence-electron chi connectivity index (χ3n) is 3.07. The molecule has 0 radical (unpaired) electrons. The Hall–Kier alpha value is -2.69. The van der Waals surface area contributed by atoms with Crippen molar-refractivity contribution in [3.63, 3.8) is 0 Å². The molecule has 0 saturated heterocycles. The molecule has 5 heteroatoms. The quantitative estimate of drug-likeness (QED) is 0.731. The number of aromatic nitrogens is 3. The van der Waals surface area contributed by atoms with E-state index in [0.717, 1.165) is 28.0 Å². The maximum Gasteiger partial charge on any atom is 0.249 e. The monoisotopic (exact) mass is 252 g/mol. The van der Waals surface area contributed by atoms with Gasteiger partial charge >= 0.3 is 0 Å². The Morgan fingerprint density at radius 3 is 2.84 bits per heavy atom. The molecule has 1 amide bonds. The molecule has 5 nitrogen and oxygen atoms in total. The highest BCUT2D eigenvalue weighted by Gasteiger charge is 2.15. The fraction of sp³-hybridized carbons (Fsp3) is 0.0714. The molecule has 0 aliphatic heterocycles. The fourth-order valence-electron chi connectivity index (χ4n) is 2.20. The molecule has 0 aliphatic carbocycles. The zero-order valence-electron chi connectivity index (χ0n) is 10.3. The summed E-state index contributed by atoms with van der Waals surface area (Å²) in [7, 11) is 0. The average Bonchev–Trinajstić information content (AvgIpc) is 2.81. The number of hydrogen-bond acceptors (Lipinski definition) is 3. The van der Waals surface area contributed by atoms with Crippen LogP contribution in [-0.2, 0) is 0 Å². The Morgan fingerprint density at radius 1 is 1.26 bits per heavy atom. The largest absolute Gasteiger partial charge is 0.366 e. The summed E-state index contributed by atoms with van der Waals surface area (Å²) in [5.74, 6) is -0.466. The highest BCUT2D eigenvalue weighted by Crippen LogP contribution is 2.27. The van der Waals surface area contributed by atoms with Gasteiger partial charge in [-0.25, -0.2) is 4.98 Å². The predicted molar refractivity (Wildman–Crippen MR) is 72.6 cm³/mol. The van der Waals surface area contributed by atoms with Crippen molar-refractivity contribution in [2.45, 2.75) is 6.92 Å². The SMILES string of the molecule is Cc1nccc(C(N)=O)c1-c1cc2cccnc2[nH]1. The van der Waals surface area contributed by atoms with Crippen LogP contribution in [0.5, 0.6) is 0 Å². The van der Waals surface area contributed by atoms with Crippen LogP contribution in [0.25, 0.3) is 22.3 Å². The average molecular weight is 252 g/mol. The summed E-state index contributed by atoms with van der Waals surface area (Å²) in [4.78, 5) is 23.2. The van der Waals surface area contributed by atoms with E-state index in [1.165, 1.54) is 0 Å². The fourth-order valence-corrected chi connectivity index (χ4v) is 2.20. The van der Waals surface area contributed by atoms with Crippen LogP contribution in [0, 0.1) is 6.92 Å². The molecule has 19 heavy (non-hydrogen) atoms. The van der Waals surface area contributed by atoms with Crippen LogP contribution in [0.15, 0.2) is 36.7 Å². The number of carbonyl (C=O) groups is 1. The van der Waals surface area contributed by atoms with Crippen molar-refractivity contribution in [1.82, 2.24) is 15.0 Å². The molecule has 0 aliphatic rings. The normalized spacial score (nSPS) is 10.8. The van der Waals surface area contributed by atoms with E-state index in [1.807, 2.05) is 25.1 Å². The zero-order valence-corrected chi connectivity index (χ0v) is 10.3. The highest BCUT2D eigenvalue weighted by atomic mass is 16.1. The van der Waals surface area contributed by atoms with Crippen LogP contribution < -0.4 is 5.73 Å². The summed E-state index contributed by atoms with van der Waals surface area (Å²) in [6, 6.07) is 7.39. The lowest BCUT2D eigenvalue weighted by Gasteiger charge is -2.07. The summed E-state index contributed by atoms with van der Waals surface area (Å²) in [6.07, 6.45) is 3.30. The molecule has 0 atom stereocenters. The van der Waals surface area contributed by atoms with Gasteiger partial charge in [0.05, 0.1) is 11.3 Å². The lowest BCUT2D eigenvalue weighted by atomic mass is 10.0. The van der Waals surface area contributed by atoms with Crippen LogP contribution in [0.1, 0.15) is 16.1 Å². The lowest BCUT2D eigenvalue weighted by Crippen LogP contribution is -2.13. The van der Waals surface area contributed by atoms with Crippen molar-refractivity contribution in [3.05, 3.63) is 47.9 Å². The molecule has 3 N–H and O–H groups in total. The van der Waals surface area contributed by atoms with Crippen molar-refractivity contribution < 1.29 is 4.79 Å². The van der Waals surface area contributed by atoms with E-state index in [2.05, 4.69) is 15.0 Å². The second-order valence-corrected chi connectivity index (χ2v) is 4.31. The Labute approximate surface area is 109 Å². The number of hydrogen-bond donors (Lipinski definition) is 2. The molecule has 0 fully saturated rings. The van der Waals surface area contributed by atoms with Gasteiger partial charge in [-0.1, -0.05) is 0 Å². The van der Waals surface area contributed by atoms with Gasteiger partial charge in [0.2, 0.25) is 5.91 Å². The summed E-state index contributed by atoms with van der Waals surface area (Å²) in [6.45, 7) is 1.85. The number of primary amides is 1. The number of pyridine rings is 2. The molecular weight excluding hydrogens is 240 g/mol. The number of aryl methyl sites for hydroxylation is 1. The van der Waals surface area contributed by atoms with Crippen LogP contribution in [0.3, 0.4) is 0 Å². The van der Waals surface area contributed by atoms with Gasteiger partial charge in [0, 0.05) is 29.0 Å². The molecule has 0 bridgehead atoms. The molecule has 0 saturated carbocycles. The Kier molecular flexibility index (Phi) is 2.52. The summed E-state index contributed by atoms with van der Waals surface area (Å²) < 4.78 is 0. The Bertz CT molecular complexity index is 743. The van der Waals surface area contributed by atoms with Crippen molar-refractivity contribution in [3.8, 4) is 11.3 Å². The topological polar surface area (TPSA) is 84.7 Å². The van der Waals surface area contributed by atoms with Crippen LogP contribution in [-0.4, -0.2) is 20.9 Å². The lowest BCUT2D eigenvalue weighted by molar-refractivity contribution is 0.100. The summed E-state index contributed by atoms with van der Waals surface area (Å²) in [5.41, 5.74) is 8.93. The highest BCUT2D eigenvalue weighted by molar-refractivity contribution is 6.01. The summed E-state index contributed by atoms with van der Waals surface area (Å²) >= 11 is 0. The van der Waals surface area contributed by atoms with Gasteiger partial charge in [-0.3, -0.25) is 9.78 Å². The molecule has 0 spiro atoms. The second-order valence-electron chi connectivity index (χ2n) is 4.31. The number of aromatic amines is 1. The number of carbonyl (C=O) groups excluding carboxylic acids is 1. The Morgan fingerprint density at radius 2 is 2.11 bits per heavy atom. The van der Waals surface area contributed by atoms with Crippen LogP contribution >= 0.6 is 0 Å². The van der Waals surface area contributed by atoms with Crippen molar-refractivity contribution in [2.75, 3.05) is 0 Å². The number of rotatable bonds is 2. The van der Waals surface area contributed by atoms with Gasteiger partial charge in [0.1, 0.15) is 5.65 Å². The van der Waals surface area contributed by atoms with E-state index in [1.54, 1.807) is 18.5 Å². The van der Waals surface area contributed by atoms with E-state index in [0.29, 0.717) is 5.56 Å². The van der Waals surface area contributed by atoms with Gasteiger partial charge < -0.3 is 10.7 Å². The van der Waals surface area contributed by atoms with Gasteiger partial charge in [0.25, 0.3) is 0 Å². The van der Waals surface area contributed by atoms with E-state index in [9.17, 15) is 4.79 Å². The Balaban J connectivity index is 2.29. The number of nitrogens with two attached hydrogens (primary N) is 1. The van der Waals surface area contributed by atoms with E-state index < -0.39 is 5.91 Å². The number of H-pyrrole nitrogens is 1. The molecule has 0 aromatic carbocycles. The van der Waals surface area contributed by atoms with E-state index in [4.69, 9.17) is 5.73 Å². The van der Waals surface area contributed by atoms with Crippen LogP contribution in [0.2, 0.25) is 0 Å². The first-order chi connectivity index (χ1) is 9.16. The zero-order chi connectivity index (χ0) is 13.4. The third kappa shape index (κ3) is 1.85. The molecule has 94 valence electrons. The first kappa shape index (κ1) is 11.4. The van der Waals surface area contributed by atoms with Crippen molar-refractivity contribution in [1.29, 1.82) is 0 Å². The third-order valence-corrected chi connectivity index (χ3v) is 3.07.